The Morgan fingerprint density at radius 2 is 1.96 bits per heavy atom. The number of esters is 1. The molecular weight excluding hydrogens is 302 g/mol. The number of anilines is 1. The Bertz CT molecular complexity index is 586. The molecular formula is C15H19N3O5. The zero-order valence-corrected chi connectivity index (χ0v) is 12.5. The molecule has 124 valence electrons. The highest BCUT2D eigenvalue weighted by Gasteiger charge is 2.24. The minimum Gasteiger partial charge on any atom is -0.452 e. The van der Waals surface area contributed by atoms with Crippen molar-refractivity contribution in [2.45, 2.75) is 18.9 Å². The van der Waals surface area contributed by atoms with Gasteiger partial charge in [-0.05, 0) is 25.0 Å². The van der Waals surface area contributed by atoms with Crippen LogP contribution in [-0.4, -0.2) is 48.8 Å². The van der Waals surface area contributed by atoms with E-state index in [1.807, 2.05) is 0 Å². The number of nitrogens with one attached hydrogen (secondary N) is 3. The summed E-state index contributed by atoms with van der Waals surface area (Å²) in [6.45, 7) is -0.348. The summed E-state index contributed by atoms with van der Waals surface area (Å²) in [7, 11) is 0. The van der Waals surface area contributed by atoms with Gasteiger partial charge in [0, 0.05) is 18.3 Å². The topological polar surface area (TPSA) is 117 Å². The van der Waals surface area contributed by atoms with Gasteiger partial charge in [-0.2, -0.15) is 0 Å². The fraction of sp³-hybridized carbons (Fsp3) is 0.400. The van der Waals surface area contributed by atoms with Crippen LogP contribution in [-0.2, 0) is 9.53 Å². The van der Waals surface area contributed by atoms with Gasteiger partial charge in [0.2, 0.25) is 0 Å². The zero-order valence-electron chi connectivity index (χ0n) is 12.5. The van der Waals surface area contributed by atoms with Gasteiger partial charge in [0.25, 0.3) is 5.91 Å². The van der Waals surface area contributed by atoms with E-state index in [0.717, 1.165) is 12.8 Å². The van der Waals surface area contributed by atoms with Gasteiger partial charge in [-0.25, -0.2) is 9.59 Å². The van der Waals surface area contributed by atoms with E-state index >= 15 is 0 Å². The molecule has 1 aliphatic carbocycles. The molecule has 2 rings (SSSR count). The van der Waals surface area contributed by atoms with Gasteiger partial charge in [0.1, 0.15) is 0 Å². The van der Waals surface area contributed by atoms with Gasteiger partial charge < -0.3 is 20.5 Å². The number of para-hydroxylation sites is 1. The van der Waals surface area contributed by atoms with Gasteiger partial charge in [0.05, 0.1) is 12.2 Å². The van der Waals surface area contributed by atoms with Crippen molar-refractivity contribution in [1.29, 1.82) is 0 Å². The predicted octanol–water partition coefficient (Wildman–Crippen LogP) is 0.236. The number of imide groups is 1. The lowest BCUT2D eigenvalue weighted by molar-refractivity contribution is -0.123. The molecule has 0 aromatic heterocycles. The van der Waals surface area contributed by atoms with Crippen molar-refractivity contribution in [3.8, 4) is 0 Å². The van der Waals surface area contributed by atoms with E-state index in [-0.39, 0.29) is 24.8 Å². The Morgan fingerprint density at radius 1 is 1.22 bits per heavy atom. The number of hydrogen-bond acceptors (Lipinski definition) is 6. The third kappa shape index (κ3) is 5.59. The number of urea groups is 1. The molecule has 23 heavy (non-hydrogen) atoms. The second-order valence-electron chi connectivity index (χ2n) is 5.07. The van der Waals surface area contributed by atoms with Crippen LogP contribution >= 0.6 is 0 Å². The second kappa shape index (κ2) is 8.14. The number of aliphatic hydroxyl groups excluding tert-OH is 1. The normalized spacial score (nSPS) is 13.1. The fourth-order valence-corrected chi connectivity index (χ4v) is 1.83. The molecule has 0 radical (unpaired) electrons. The first-order valence-electron chi connectivity index (χ1n) is 7.31. The summed E-state index contributed by atoms with van der Waals surface area (Å²) < 4.78 is 4.90. The summed E-state index contributed by atoms with van der Waals surface area (Å²) >= 11 is 0. The van der Waals surface area contributed by atoms with Gasteiger partial charge in [0.15, 0.2) is 6.61 Å². The van der Waals surface area contributed by atoms with Crippen LogP contribution in [0, 0.1) is 0 Å². The summed E-state index contributed by atoms with van der Waals surface area (Å²) in [6.07, 6.45) is 1.82. The van der Waals surface area contributed by atoms with Gasteiger partial charge in [-0.15, -0.1) is 0 Å². The highest BCUT2D eigenvalue weighted by atomic mass is 16.5. The summed E-state index contributed by atoms with van der Waals surface area (Å²) in [5, 5.41) is 16.4. The zero-order chi connectivity index (χ0) is 16.7. The van der Waals surface area contributed by atoms with Crippen LogP contribution in [0.15, 0.2) is 24.3 Å². The lowest BCUT2D eigenvalue weighted by Gasteiger charge is -2.11. The number of hydrogen-bond donors (Lipinski definition) is 4. The van der Waals surface area contributed by atoms with E-state index in [2.05, 4.69) is 16.0 Å². The Kier molecular flexibility index (Phi) is 5.93. The molecule has 8 heteroatoms. The molecule has 8 nitrogen and oxygen atoms in total. The van der Waals surface area contributed by atoms with E-state index in [4.69, 9.17) is 9.84 Å². The molecule has 0 spiro atoms. The van der Waals surface area contributed by atoms with Crippen LogP contribution in [0.3, 0.4) is 0 Å². The van der Waals surface area contributed by atoms with Crippen LogP contribution in [0.25, 0.3) is 0 Å². The molecule has 0 unspecified atom stereocenters. The lowest BCUT2D eigenvalue weighted by Crippen LogP contribution is -2.42. The average Bonchev–Trinajstić information content (AvgIpc) is 3.34. The number of amides is 3. The van der Waals surface area contributed by atoms with E-state index in [9.17, 15) is 14.4 Å². The van der Waals surface area contributed by atoms with Crippen molar-refractivity contribution in [1.82, 2.24) is 10.6 Å². The van der Waals surface area contributed by atoms with Gasteiger partial charge >= 0.3 is 12.0 Å². The standard InChI is InChI=1S/C15H19N3O5/c19-8-7-16-12-4-2-1-3-11(12)14(21)23-9-13(20)18-15(22)17-10-5-6-10/h1-4,10,16,19H,5-9H2,(H2,17,18,20,22). The Hall–Kier alpha value is -2.61. The first-order chi connectivity index (χ1) is 11.1. The molecule has 0 aliphatic heterocycles. The van der Waals surface area contributed by atoms with E-state index < -0.39 is 24.5 Å². The van der Waals surface area contributed by atoms with Crippen molar-refractivity contribution in [3.63, 3.8) is 0 Å². The molecule has 3 amide bonds. The smallest absolute Gasteiger partial charge is 0.340 e. The van der Waals surface area contributed by atoms with Crippen molar-refractivity contribution < 1.29 is 24.2 Å². The number of ether oxygens (including phenoxy) is 1. The minimum atomic E-state index is -0.697. The maximum atomic E-state index is 12.0. The second-order valence-corrected chi connectivity index (χ2v) is 5.07. The van der Waals surface area contributed by atoms with Crippen molar-refractivity contribution >= 4 is 23.6 Å². The maximum Gasteiger partial charge on any atom is 0.340 e. The molecule has 0 atom stereocenters. The van der Waals surface area contributed by atoms with E-state index in [0.29, 0.717) is 5.69 Å². The van der Waals surface area contributed by atoms with Crippen molar-refractivity contribution in [2.24, 2.45) is 0 Å². The molecule has 1 aliphatic rings. The van der Waals surface area contributed by atoms with Gasteiger partial charge in [-0.3, -0.25) is 10.1 Å². The number of rotatable bonds is 7. The molecule has 1 saturated carbocycles. The summed E-state index contributed by atoms with van der Waals surface area (Å²) in [5.41, 5.74) is 0.745. The van der Waals surface area contributed by atoms with Crippen LogP contribution in [0.2, 0.25) is 0 Å². The number of benzene rings is 1. The van der Waals surface area contributed by atoms with Crippen LogP contribution in [0.4, 0.5) is 10.5 Å². The van der Waals surface area contributed by atoms with E-state index in [1.165, 1.54) is 0 Å². The maximum absolute atomic E-state index is 12.0. The summed E-state index contributed by atoms with van der Waals surface area (Å²) in [4.78, 5) is 34.9. The summed E-state index contributed by atoms with van der Waals surface area (Å²) in [5.74, 6) is -1.39. The molecule has 4 N–H and O–H groups in total. The minimum absolute atomic E-state index is 0.0815. The van der Waals surface area contributed by atoms with Crippen LogP contribution in [0.1, 0.15) is 23.2 Å². The molecule has 1 fully saturated rings. The van der Waals surface area contributed by atoms with Crippen LogP contribution < -0.4 is 16.0 Å². The first-order valence-corrected chi connectivity index (χ1v) is 7.31. The largest absolute Gasteiger partial charge is 0.452 e. The van der Waals surface area contributed by atoms with Crippen LogP contribution in [0.5, 0.6) is 0 Å². The SMILES string of the molecule is O=C(COC(=O)c1ccccc1NCCO)NC(=O)NC1CC1. The Labute approximate surface area is 133 Å². The lowest BCUT2D eigenvalue weighted by atomic mass is 10.2. The highest BCUT2D eigenvalue weighted by molar-refractivity contribution is 5.99. The van der Waals surface area contributed by atoms with Crippen molar-refractivity contribution in [3.05, 3.63) is 29.8 Å². The van der Waals surface area contributed by atoms with Crippen molar-refractivity contribution in [2.75, 3.05) is 25.1 Å². The molecule has 1 aromatic rings. The molecule has 0 saturated heterocycles. The Morgan fingerprint density at radius 3 is 2.65 bits per heavy atom. The average molecular weight is 321 g/mol. The fourth-order valence-electron chi connectivity index (χ4n) is 1.83. The monoisotopic (exact) mass is 321 g/mol. The molecule has 1 aromatic carbocycles. The molecule has 0 bridgehead atoms. The van der Waals surface area contributed by atoms with Gasteiger partial charge in [-0.1, -0.05) is 12.1 Å². The van der Waals surface area contributed by atoms with E-state index in [1.54, 1.807) is 24.3 Å². The third-order valence-corrected chi connectivity index (χ3v) is 3.07. The molecule has 0 heterocycles. The number of carbonyl (C=O) groups is 3. The first kappa shape index (κ1) is 16.8. The summed E-state index contributed by atoms with van der Waals surface area (Å²) in [6, 6.07) is 6.14. The Balaban J connectivity index is 1.81. The highest BCUT2D eigenvalue weighted by Crippen LogP contribution is 2.18. The number of aliphatic hydroxyl groups is 1. The predicted molar refractivity (Wildman–Crippen MR) is 82.0 cm³/mol. The quantitative estimate of drug-likeness (QED) is 0.534. The number of carbonyl (C=O) groups excluding carboxylic acids is 3. The third-order valence-electron chi connectivity index (χ3n) is 3.07.